The van der Waals surface area contributed by atoms with Gasteiger partial charge in [0.15, 0.2) is 0 Å². The van der Waals surface area contributed by atoms with E-state index in [1.165, 1.54) is 0 Å². The molecule has 1 aromatic heterocycles. The second-order valence-corrected chi connectivity index (χ2v) is 11.7. The van der Waals surface area contributed by atoms with E-state index in [-0.39, 0.29) is 45.7 Å². The number of aromatic nitrogens is 2. The maximum Gasteiger partial charge on any atom is 0.111 e. The van der Waals surface area contributed by atoms with Crippen LogP contribution in [-0.4, -0.2) is 9.55 Å². The smallest absolute Gasteiger partial charge is 0.111 e. The van der Waals surface area contributed by atoms with E-state index in [9.17, 15) is 5.48 Å². The second kappa shape index (κ2) is 9.50. The SMILES string of the molecule is [2H]c1c([2H])c([2H])c2c(-c3ccc4c5c(cccc35)-c3ccccc3-4)c3c([2H])c([2H])c([2H])c([2H])c3c(-c3ccc(-n4c(C)nc5ccccc54)cc3)c2c1[2H]. The van der Waals surface area contributed by atoms with Gasteiger partial charge in [-0.1, -0.05) is 127 Å². The van der Waals surface area contributed by atoms with Gasteiger partial charge in [0.1, 0.15) is 5.82 Å². The minimum Gasteiger partial charge on any atom is -0.297 e. The van der Waals surface area contributed by atoms with Gasteiger partial charge >= 0.3 is 0 Å². The molecule has 2 nitrogen and oxygen atoms in total. The molecule has 1 heterocycles. The fourth-order valence-electron chi connectivity index (χ4n) is 7.46. The van der Waals surface area contributed by atoms with Crippen molar-refractivity contribution in [3.05, 3.63) is 157 Å². The molecule has 2 heteroatoms. The topological polar surface area (TPSA) is 17.8 Å². The summed E-state index contributed by atoms with van der Waals surface area (Å²) in [5, 5.41) is 2.59. The van der Waals surface area contributed by atoms with Gasteiger partial charge in [-0.3, -0.25) is 4.57 Å². The highest BCUT2D eigenvalue weighted by Crippen LogP contribution is 2.51. The van der Waals surface area contributed by atoms with E-state index in [0.717, 1.165) is 55.6 Å². The predicted molar refractivity (Wildman–Crippen MR) is 194 cm³/mol. The fraction of sp³-hybridized carbons (Fsp3) is 0.0227. The molecule has 0 fully saturated rings. The number of para-hydroxylation sites is 2. The Morgan fingerprint density at radius 2 is 1.07 bits per heavy atom. The van der Waals surface area contributed by atoms with Gasteiger partial charge < -0.3 is 0 Å². The average Bonchev–Trinajstić information content (AvgIpc) is 3.71. The molecule has 0 saturated heterocycles. The molecule has 0 N–H and O–H groups in total. The predicted octanol–water partition coefficient (Wildman–Crippen LogP) is 11.8. The molecular formula is C44H28N2. The van der Waals surface area contributed by atoms with E-state index in [2.05, 4.69) is 18.2 Å². The maximum atomic E-state index is 9.42. The first kappa shape index (κ1) is 18.7. The van der Waals surface area contributed by atoms with Crippen LogP contribution in [0.25, 0.3) is 93.5 Å². The highest BCUT2D eigenvalue weighted by atomic mass is 15.1. The summed E-state index contributed by atoms with van der Waals surface area (Å²) in [4.78, 5) is 4.71. The number of imidazole rings is 1. The first-order valence-electron chi connectivity index (χ1n) is 19.2. The lowest BCUT2D eigenvalue weighted by atomic mass is 9.84. The Morgan fingerprint density at radius 3 is 1.76 bits per heavy atom. The molecule has 0 radical (unpaired) electrons. The van der Waals surface area contributed by atoms with Gasteiger partial charge in [-0.25, -0.2) is 4.98 Å². The van der Waals surface area contributed by atoms with Crippen LogP contribution in [0.1, 0.15) is 16.8 Å². The summed E-state index contributed by atoms with van der Waals surface area (Å²) >= 11 is 0. The quantitative estimate of drug-likeness (QED) is 0.187. The van der Waals surface area contributed by atoms with Crippen LogP contribution < -0.4 is 0 Å². The van der Waals surface area contributed by atoms with Crippen LogP contribution in [0.4, 0.5) is 0 Å². The summed E-state index contributed by atoms with van der Waals surface area (Å²) in [5.41, 5.74) is 8.70. The molecule has 8 aromatic carbocycles. The molecule has 10 rings (SSSR count). The Hall–Kier alpha value is -5.99. The molecule has 0 spiro atoms. The van der Waals surface area contributed by atoms with Crippen molar-refractivity contribution in [1.82, 2.24) is 9.55 Å². The maximum absolute atomic E-state index is 9.42. The van der Waals surface area contributed by atoms with Crippen molar-refractivity contribution in [2.24, 2.45) is 0 Å². The van der Waals surface area contributed by atoms with E-state index in [4.69, 9.17) is 10.5 Å². The van der Waals surface area contributed by atoms with Crippen molar-refractivity contribution in [1.29, 1.82) is 0 Å². The molecule has 0 amide bonds. The molecule has 0 saturated carbocycles. The van der Waals surface area contributed by atoms with Crippen LogP contribution in [0.15, 0.2) is 151 Å². The number of hydrogen-bond acceptors (Lipinski definition) is 1. The van der Waals surface area contributed by atoms with E-state index in [0.29, 0.717) is 22.3 Å². The summed E-state index contributed by atoms with van der Waals surface area (Å²) in [7, 11) is 0. The van der Waals surface area contributed by atoms with Gasteiger partial charge in [0.2, 0.25) is 0 Å². The first-order chi connectivity index (χ1) is 26.1. The van der Waals surface area contributed by atoms with Gasteiger partial charge in [-0.05, 0) is 108 Å². The average molecular weight is 593 g/mol. The third-order valence-electron chi connectivity index (χ3n) is 9.34. The summed E-state index contributed by atoms with van der Waals surface area (Å²) in [6.07, 6.45) is 0. The van der Waals surface area contributed by atoms with Crippen molar-refractivity contribution in [3.8, 4) is 50.2 Å². The summed E-state index contributed by atoms with van der Waals surface area (Å²) in [6.45, 7) is 1.93. The zero-order valence-electron chi connectivity index (χ0n) is 32.7. The van der Waals surface area contributed by atoms with Crippen LogP contribution in [0.3, 0.4) is 0 Å². The number of hydrogen-bond donors (Lipinski definition) is 0. The Bertz CT molecular complexity index is 3040. The molecule has 9 aromatic rings. The summed E-state index contributed by atoms with van der Waals surface area (Å²) in [5.74, 6) is 0.792. The third kappa shape index (κ3) is 3.44. The van der Waals surface area contributed by atoms with Crippen LogP contribution in [0, 0.1) is 6.92 Å². The molecule has 0 bridgehead atoms. The zero-order valence-corrected chi connectivity index (χ0v) is 24.7. The highest BCUT2D eigenvalue weighted by molar-refractivity contribution is 6.26. The zero-order chi connectivity index (χ0) is 37.3. The molecule has 0 atom stereocenters. The number of benzene rings is 8. The van der Waals surface area contributed by atoms with E-state index in [1.54, 1.807) is 0 Å². The van der Waals surface area contributed by atoms with Gasteiger partial charge in [-0.2, -0.15) is 0 Å². The third-order valence-corrected chi connectivity index (χ3v) is 9.34. The van der Waals surface area contributed by atoms with E-state index in [1.807, 2.05) is 96.4 Å². The molecule has 214 valence electrons. The number of aryl methyl sites for hydroxylation is 1. The van der Waals surface area contributed by atoms with Gasteiger partial charge in [0.05, 0.1) is 22.0 Å². The van der Waals surface area contributed by atoms with Gasteiger partial charge in [0, 0.05) is 5.69 Å². The van der Waals surface area contributed by atoms with Gasteiger partial charge in [-0.15, -0.1) is 0 Å². The minimum atomic E-state index is -0.423. The molecule has 46 heavy (non-hydrogen) atoms. The van der Waals surface area contributed by atoms with Crippen molar-refractivity contribution >= 4 is 43.4 Å². The molecule has 0 unspecified atom stereocenters. The van der Waals surface area contributed by atoms with Crippen molar-refractivity contribution < 1.29 is 11.0 Å². The second-order valence-electron chi connectivity index (χ2n) is 11.7. The van der Waals surface area contributed by atoms with Crippen LogP contribution in [0.5, 0.6) is 0 Å². The Kier molecular flexibility index (Phi) is 3.87. The van der Waals surface area contributed by atoms with Crippen LogP contribution in [-0.2, 0) is 0 Å². The largest absolute Gasteiger partial charge is 0.297 e. The highest BCUT2D eigenvalue weighted by Gasteiger charge is 2.24. The standard InChI is InChI=1S/C44H28N2/c1-27-45-40-19-8-9-20-41(40)46(27)29-23-21-28(22-24-29)42-33-13-4-6-15-35(33)44(36-16-7-5-14-34(36)42)39-26-25-38-31-12-3-2-11-30(31)32-17-10-18-37(39)43(32)38/h2-26H,1H3/i4D,5D,6D,7D,13D,14D,15D,16D. The number of rotatable bonds is 3. The Labute approximate surface area is 278 Å². The van der Waals surface area contributed by atoms with Crippen molar-refractivity contribution in [2.75, 3.05) is 0 Å². The van der Waals surface area contributed by atoms with Crippen LogP contribution >= 0.6 is 0 Å². The normalized spacial score (nSPS) is 14.5. The van der Waals surface area contributed by atoms with Gasteiger partial charge in [0.25, 0.3) is 0 Å². The fourth-order valence-corrected chi connectivity index (χ4v) is 7.46. The van der Waals surface area contributed by atoms with Crippen LogP contribution in [0.2, 0.25) is 0 Å². The monoisotopic (exact) mass is 592 g/mol. The molecular weight excluding hydrogens is 556 g/mol. The van der Waals surface area contributed by atoms with Crippen molar-refractivity contribution in [3.63, 3.8) is 0 Å². The lowest BCUT2D eigenvalue weighted by Gasteiger charge is -2.19. The Morgan fingerprint density at radius 1 is 0.500 bits per heavy atom. The summed E-state index contributed by atoms with van der Waals surface area (Å²) in [6, 6.07) is 30.6. The van der Waals surface area contributed by atoms with Crippen molar-refractivity contribution in [2.45, 2.75) is 6.92 Å². The molecule has 1 aliphatic carbocycles. The van der Waals surface area contributed by atoms with E-state index >= 15 is 0 Å². The first-order valence-corrected chi connectivity index (χ1v) is 15.2. The number of nitrogens with zero attached hydrogens (tertiary/aromatic N) is 2. The minimum absolute atomic E-state index is 0.192. The lowest BCUT2D eigenvalue weighted by molar-refractivity contribution is 1.00. The lowest BCUT2D eigenvalue weighted by Crippen LogP contribution is -1.97. The summed E-state index contributed by atoms with van der Waals surface area (Å²) < 4.78 is 75.0. The molecule has 0 aliphatic heterocycles. The Balaban J connectivity index is 1.37. The molecule has 1 aliphatic rings. The number of fused-ring (bicyclic) bond motifs is 6. The van der Waals surface area contributed by atoms with E-state index < -0.39 is 24.2 Å².